The zero-order valence-electron chi connectivity index (χ0n) is 28.8. The highest BCUT2D eigenvalue weighted by Crippen LogP contribution is 2.47. The van der Waals surface area contributed by atoms with Crippen molar-refractivity contribution in [3.63, 3.8) is 0 Å². The molecule has 9 heteroatoms. The van der Waals surface area contributed by atoms with E-state index in [0.717, 1.165) is 49.2 Å². The first-order valence-electron chi connectivity index (χ1n) is 17.6. The number of carbonyl (C=O) groups excluding carboxylic acids is 2. The molecule has 0 unspecified atom stereocenters. The molecule has 0 radical (unpaired) electrons. The molecule has 2 saturated heterocycles. The average molecular weight is 670 g/mol. The fourth-order valence-corrected chi connectivity index (χ4v) is 12.4. The van der Waals surface area contributed by atoms with Gasteiger partial charge in [0.05, 0.1) is 52.5 Å². The van der Waals surface area contributed by atoms with Crippen LogP contribution in [-0.2, 0) is 33.7 Å². The van der Waals surface area contributed by atoms with Crippen molar-refractivity contribution in [3.05, 3.63) is 89.5 Å². The van der Waals surface area contributed by atoms with Crippen LogP contribution in [0.25, 0.3) is 0 Å². The number of hydrogen-bond acceptors (Lipinski definition) is 6. The van der Waals surface area contributed by atoms with Crippen molar-refractivity contribution in [1.82, 2.24) is 10.2 Å². The van der Waals surface area contributed by atoms with Gasteiger partial charge in [0.2, 0.25) is 11.8 Å². The molecular formula is C39H51N3O5Si. The Morgan fingerprint density at radius 3 is 2.42 bits per heavy atom. The second-order valence-corrected chi connectivity index (χ2v) is 19.1. The van der Waals surface area contributed by atoms with Crippen LogP contribution < -0.4 is 20.6 Å². The van der Waals surface area contributed by atoms with Gasteiger partial charge in [-0.25, -0.2) is 0 Å². The number of carbonyl (C=O) groups is 2. The van der Waals surface area contributed by atoms with Crippen molar-refractivity contribution in [1.29, 1.82) is 0 Å². The van der Waals surface area contributed by atoms with E-state index in [0.29, 0.717) is 19.4 Å². The number of aryl methyl sites for hydroxylation is 1. The van der Waals surface area contributed by atoms with Gasteiger partial charge in [-0.15, -0.1) is 0 Å². The number of rotatable bonds is 11. The van der Waals surface area contributed by atoms with E-state index in [1.807, 2.05) is 41.3 Å². The Bertz CT molecular complexity index is 1560. The van der Waals surface area contributed by atoms with Crippen LogP contribution in [0.4, 0.5) is 5.69 Å². The Balaban J connectivity index is 1.17. The third kappa shape index (κ3) is 7.39. The monoisotopic (exact) mass is 669 g/mol. The number of aliphatic hydroxyl groups is 1. The number of benzene rings is 3. The molecule has 2 fully saturated rings. The van der Waals surface area contributed by atoms with Crippen LogP contribution in [0.2, 0.25) is 18.6 Å². The number of nitrogens with one attached hydrogen (secondary N) is 2. The summed E-state index contributed by atoms with van der Waals surface area (Å²) in [6.07, 6.45) is 4.39. The fraction of sp³-hybridized carbons (Fsp3) is 0.487. The number of hydrogen-bond donors (Lipinski definition) is 3. The van der Waals surface area contributed by atoms with Gasteiger partial charge in [0.15, 0.2) is 0 Å². The lowest BCUT2D eigenvalue weighted by Gasteiger charge is -2.39. The molecule has 3 aromatic rings. The summed E-state index contributed by atoms with van der Waals surface area (Å²) < 4.78 is 12.4. The molecule has 256 valence electrons. The fourth-order valence-electron chi connectivity index (χ4n) is 8.38. The second kappa shape index (κ2) is 14.9. The Morgan fingerprint density at radius 1 is 1.02 bits per heavy atom. The topological polar surface area (TPSA) is 100 Å². The van der Waals surface area contributed by atoms with Gasteiger partial charge in [0.1, 0.15) is 5.75 Å². The third-order valence-electron chi connectivity index (χ3n) is 11.1. The standard InChI is InChI=1S/C39H51N3O5Si/c1-26-35(20-13-27-11-14-30(15-12-27)41-39(45)34-10-7-21-40-34)47-36(38(26)48(3,4)33-18-16-32(46-2)17-19-33)23-37(44)42-24-29-9-6-5-8-28(29)22-31(42)25-43/h5-6,8-9,11-12,14-19,26,31,34-36,38,40,43H,7,10,13,20-25H2,1-4H3,(H,41,45)/t26-,31+,34-,35+,36-,38+/m1/s1. The lowest BCUT2D eigenvalue weighted by molar-refractivity contribution is -0.138. The van der Waals surface area contributed by atoms with Crippen LogP contribution in [0.15, 0.2) is 72.8 Å². The lowest BCUT2D eigenvalue weighted by atomic mass is 9.93. The van der Waals surface area contributed by atoms with Crippen LogP contribution in [0.1, 0.15) is 49.3 Å². The van der Waals surface area contributed by atoms with Gasteiger partial charge in [-0.2, -0.15) is 0 Å². The van der Waals surface area contributed by atoms with Crippen molar-refractivity contribution < 1.29 is 24.2 Å². The van der Waals surface area contributed by atoms with Gasteiger partial charge >= 0.3 is 0 Å². The second-order valence-electron chi connectivity index (χ2n) is 14.5. The number of amides is 2. The van der Waals surface area contributed by atoms with Crippen LogP contribution in [-0.4, -0.2) is 74.4 Å². The molecule has 0 bridgehead atoms. The van der Waals surface area contributed by atoms with Crippen molar-refractivity contribution in [2.24, 2.45) is 5.92 Å². The highest BCUT2D eigenvalue weighted by atomic mass is 28.3. The molecule has 0 saturated carbocycles. The third-order valence-corrected chi connectivity index (χ3v) is 15.5. The maximum absolute atomic E-state index is 14.1. The zero-order valence-corrected chi connectivity index (χ0v) is 29.8. The summed E-state index contributed by atoms with van der Waals surface area (Å²) in [7, 11) is -0.451. The van der Waals surface area contributed by atoms with Gasteiger partial charge in [0, 0.05) is 12.2 Å². The Kier molecular flexibility index (Phi) is 10.7. The first kappa shape index (κ1) is 34.4. The summed E-state index contributed by atoms with van der Waals surface area (Å²) in [5, 5.41) is 17.9. The minimum atomic E-state index is -2.14. The molecule has 3 aliphatic heterocycles. The van der Waals surface area contributed by atoms with Crippen LogP contribution in [0, 0.1) is 5.92 Å². The summed E-state index contributed by atoms with van der Waals surface area (Å²) in [5.41, 5.74) is 4.60. The molecule has 3 aliphatic rings. The predicted molar refractivity (Wildman–Crippen MR) is 192 cm³/mol. The van der Waals surface area contributed by atoms with E-state index < -0.39 is 8.07 Å². The van der Waals surface area contributed by atoms with E-state index in [4.69, 9.17) is 9.47 Å². The molecule has 3 N–H and O–H groups in total. The van der Waals surface area contributed by atoms with E-state index in [9.17, 15) is 14.7 Å². The number of aliphatic hydroxyl groups excluding tert-OH is 1. The molecule has 48 heavy (non-hydrogen) atoms. The minimum Gasteiger partial charge on any atom is -0.497 e. The van der Waals surface area contributed by atoms with E-state index in [2.05, 4.69) is 67.0 Å². The summed E-state index contributed by atoms with van der Waals surface area (Å²) in [6, 6.07) is 24.5. The first-order chi connectivity index (χ1) is 23.2. The van der Waals surface area contributed by atoms with E-state index in [1.165, 1.54) is 16.3 Å². The molecule has 6 atom stereocenters. The minimum absolute atomic E-state index is 0.0152. The number of ether oxygens (including phenoxy) is 2. The van der Waals surface area contributed by atoms with Crippen LogP contribution in [0.5, 0.6) is 5.75 Å². The normalized spacial score (nSPS) is 25.5. The highest BCUT2D eigenvalue weighted by molar-refractivity contribution is 6.91. The molecule has 2 amide bonds. The number of nitrogens with zero attached hydrogens (tertiary/aromatic N) is 1. The quantitative estimate of drug-likeness (QED) is 0.248. The molecule has 6 rings (SSSR count). The zero-order chi connectivity index (χ0) is 33.8. The van der Waals surface area contributed by atoms with E-state index in [1.54, 1.807) is 7.11 Å². The van der Waals surface area contributed by atoms with Gasteiger partial charge in [-0.05, 0) is 91.1 Å². The van der Waals surface area contributed by atoms with Gasteiger partial charge in [-0.1, -0.05) is 73.7 Å². The molecule has 3 aromatic carbocycles. The maximum Gasteiger partial charge on any atom is 0.241 e. The largest absolute Gasteiger partial charge is 0.497 e. The number of fused-ring (bicyclic) bond motifs is 1. The molecule has 8 nitrogen and oxygen atoms in total. The Morgan fingerprint density at radius 2 is 1.75 bits per heavy atom. The van der Waals surface area contributed by atoms with E-state index >= 15 is 0 Å². The predicted octanol–water partition coefficient (Wildman–Crippen LogP) is 5.04. The molecular weight excluding hydrogens is 619 g/mol. The SMILES string of the molecule is COc1ccc([Si](C)(C)[C@H]2[C@H](C)[C@H](CCc3ccc(NC(=O)[C@H]4CCCN4)cc3)O[C@@H]2CC(=O)N2Cc3ccccc3C[C@H]2CO)cc1. The van der Waals surface area contributed by atoms with Gasteiger partial charge < -0.3 is 30.1 Å². The maximum atomic E-state index is 14.1. The highest BCUT2D eigenvalue weighted by Gasteiger charge is 2.51. The molecule has 0 aromatic heterocycles. The van der Waals surface area contributed by atoms with Crippen molar-refractivity contribution in [2.75, 3.05) is 25.6 Å². The lowest BCUT2D eigenvalue weighted by Crippen LogP contribution is -2.52. The number of methoxy groups -OCH3 is 1. The summed E-state index contributed by atoms with van der Waals surface area (Å²) in [5.74, 6) is 1.18. The Labute approximate surface area is 286 Å². The average Bonchev–Trinajstić information content (AvgIpc) is 3.76. The smallest absolute Gasteiger partial charge is 0.241 e. The number of anilines is 1. The van der Waals surface area contributed by atoms with Crippen molar-refractivity contribution in [2.45, 2.75) is 94.9 Å². The molecule has 3 heterocycles. The van der Waals surface area contributed by atoms with Crippen LogP contribution in [0.3, 0.4) is 0 Å². The Hall–Kier alpha value is -3.50. The van der Waals surface area contributed by atoms with Gasteiger partial charge in [-0.3, -0.25) is 9.59 Å². The summed E-state index contributed by atoms with van der Waals surface area (Å²) in [6.45, 7) is 8.47. The van der Waals surface area contributed by atoms with E-state index in [-0.39, 0.29) is 54.2 Å². The molecule has 0 spiro atoms. The van der Waals surface area contributed by atoms with Crippen LogP contribution >= 0.6 is 0 Å². The van der Waals surface area contributed by atoms with Crippen molar-refractivity contribution >= 4 is 30.8 Å². The van der Waals surface area contributed by atoms with Crippen molar-refractivity contribution in [3.8, 4) is 5.75 Å². The summed E-state index contributed by atoms with van der Waals surface area (Å²) >= 11 is 0. The molecule has 0 aliphatic carbocycles. The van der Waals surface area contributed by atoms with Gasteiger partial charge in [0.25, 0.3) is 0 Å². The first-order valence-corrected chi connectivity index (χ1v) is 20.7. The summed E-state index contributed by atoms with van der Waals surface area (Å²) in [4.78, 5) is 28.5.